The highest BCUT2D eigenvalue weighted by atomic mass is 19.1. The Hall–Kier alpha value is -3.33. The lowest BCUT2D eigenvalue weighted by atomic mass is 10.1. The lowest BCUT2D eigenvalue weighted by Crippen LogP contribution is -2.17. The fourth-order valence-corrected chi connectivity index (χ4v) is 2.51. The molecule has 2 rings (SSSR count). The molecule has 0 aromatic heterocycles. The number of amides is 2. The van der Waals surface area contributed by atoms with Crippen LogP contribution in [0.4, 0.5) is 15.8 Å². The average molecular weight is 392 g/mol. The van der Waals surface area contributed by atoms with Crippen LogP contribution < -0.4 is 24.8 Å². The largest absolute Gasteiger partial charge is 0.493 e. The molecule has 2 aromatic carbocycles. The highest BCUT2D eigenvalue weighted by Gasteiger charge is 2.16. The van der Waals surface area contributed by atoms with Crippen molar-refractivity contribution in [1.82, 2.24) is 0 Å². The predicted molar refractivity (Wildman–Crippen MR) is 101 cm³/mol. The molecule has 0 heterocycles. The molecule has 0 aliphatic heterocycles. The molecule has 0 saturated heterocycles. The summed E-state index contributed by atoms with van der Waals surface area (Å²) in [4.78, 5) is 23.9. The zero-order valence-electron chi connectivity index (χ0n) is 15.7. The molecule has 8 nitrogen and oxygen atoms in total. The molecule has 0 fully saturated rings. The van der Waals surface area contributed by atoms with Crippen molar-refractivity contribution in [2.24, 2.45) is 0 Å². The Morgan fingerprint density at radius 2 is 1.64 bits per heavy atom. The van der Waals surface area contributed by atoms with Gasteiger partial charge in [-0.2, -0.15) is 0 Å². The van der Waals surface area contributed by atoms with Crippen LogP contribution in [0.25, 0.3) is 0 Å². The normalized spacial score (nSPS) is 10.2. The Labute approximate surface area is 161 Å². The van der Waals surface area contributed by atoms with Crippen molar-refractivity contribution in [3.8, 4) is 17.2 Å². The van der Waals surface area contributed by atoms with Crippen LogP contribution in [0, 0.1) is 0 Å². The molecule has 3 N–H and O–H groups in total. The minimum absolute atomic E-state index is 0.155. The first-order valence-corrected chi connectivity index (χ1v) is 8.18. The van der Waals surface area contributed by atoms with Crippen LogP contribution in [0.2, 0.25) is 0 Å². The quantitative estimate of drug-likeness (QED) is 0.637. The predicted octanol–water partition coefficient (Wildman–Crippen LogP) is 2.37. The summed E-state index contributed by atoms with van der Waals surface area (Å²) in [6.45, 7) is -1.59. The number of aliphatic hydroxyl groups excluding tert-OH is 1. The summed E-state index contributed by atoms with van der Waals surface area (Å²) in [5, 5.41) is 14.3. The third-order valence-electron chi connectivity index (χ3n) is 3.86. The molecule has 9 heteroatoms. The summed E-state index contributed by atoms with van der Waals surface area (Å²) < 4.78 is 28.2. The minimum Gasteiger partial charge on any atom is -0.493 e. The highest BCUT2D eigenvalue weighted by Crippen LogP contribution is 2.40. The maximum Gasteiger partial charge on any atom is 0.255 e. The van der Waals surface area contributed by atoms with Gasteiger partial charge in [0, 0.05) is 34.6 Å². The number of carbonyl (C=O) groups is 2. The molecule has 0 unspecified atom stereocenters. The van der Waals surface area contributed by atoms with E-state index in [4.69, 9.17) is 14.2 Å². The molecule has 150 valence electrons. The van der Waals surface area contributed by atoms with Gasteiger partial charge >= 0.3 is 0 Å². The Balaban J connectivity index is 2.32. The third-order valence-corrected chi connectivity index (χ3v) is 3.86. The van der Waals surface area contributed by atoms with Gasteiger partial charge in [-0.25, -0.2) is 4.39 Å². The van der Waals surface area contributed by atoms with E-state index < -0.39 is 18.5 Å². The van der Waals surface area contributed by atoms with Gasteiger partial charge in [0.2, 0.25) is 5.75 Å². The number of halogens is 1. The van der Waals surface area contributed by atoms with Gasteiger partial charge in [0.25, 0.3) is 11.8 Å². The fraction of sp³-hybridized carbons (Fsp3) is 0.263. The average Bonchev–Trinajstić information content (AvgIpc) is 2.72. The van der Waals surface area contributed by atoms with Crippen molar-refractivity contribution >= 4 is 23.2 Å². The van der Waals surface area contributed by atoms with E-state index in [0.29, 0.717) is 28.5 Å². The van der Waals surface area contributed by atoms with E-state index in [1.807, 2.05) is 0 Å². The second-order valence-corrected chi connectivity index (χ2v) is 5.58. The van der Waals surface area contributed by atoms with E-state index in [0.717, 1.165) is 0 Å². The molecule has 0 aliphatic rings. The van der Waals surface area contributed by atoms with Gasteiger partial charge in [-0.1, -0.05) is 6.07 Å². The van der Waals surface area contributed by atoms with E-state index in [1.165, 1.54) is 39.5 Å². The summed E-state index contributed by atoms with van der Waals surface area (Å²) in [6, 6.07) is 7.43. The fourth-order valence-electron chi connectivity index (χ4n) is 2.51. The first-order valence-electron chi connectivity index (χ1n) is 8.18. The van der Waals surface area contributed by atoms with E-state index in [9.17, 15) is 19.1 Å². The van der Waals surface area contributed by atoms with E-state index in [1.54, 1.807) is 12.1 Å². The van der Waals surface area contributed by atoms with Crippen molar-refractivity contribution in [2.75, 3.05) is 38.6 Å². The third kappa shape index (κ3) is 4.68. The number of rotatable bonds is 8. The van der Waals surface area contributed by atoms with Crippen LogP contribution in [-0.4, -0.2) is 44.9 Å². The molecule has 2 aromatic rings. The van der Waals surface area contributed by atoms with Crippen molar-refractivity contribution in [2.45, 2.75) is 6.61 Å². The number of anilines is 2. The molecule has 0 atom stereocenters. The van der Waals surface area contributed by atoms with Crippen LogP contribution in [0.5, 0.6) is 17.2 Å². The molecule has 28 heavy (non-hydrogen) atoms. The first kappa shape index (κ1) is 21.0. The summed E-state index contributed by atoms with van der Waals surface area (Å²) in [6.07, 6.45) is 0. The van der Waals surface area contributed by atoms with Crippen molar-refractivity contribution < 1.29 is 33.3 Å². The summed E-state index contributed by atoms with van der Waals surface area (Å²) in [5.74, 6) is -0.259. The number of aliphatic hydroxyl groups is 1. The lowest BCUT2D eigenvalue weighted by molar-refractivity contribution is -0.117. The van der Waals surface area contributed by atoms with Crippen LogP contribution in [0.3, 0.4) is 0 Å². The van der Waals surface area contributed by atoms with Crippen molar-refractivity contribution in [3.05, 3.63) is 41.5 Å². The molecule has 2 amide bonds. The van der Waals surface area contributed by atoms with Gasteiger partial charge in [-0.3, -0.25) is 9.59 Å². The first-order chi connectivity index (χ1) is 13.5. The topological polar surface area (TPSA) is 106 Å². The van der Waals surface area contributed by atoms with Crippen LogP contribution in [0.15, 0.2) is 30.3 Å². The van der Waals surface area contributed by atoms with E-state index in [-0.39, 0.29) is 17.9 Å². The molecule has 0 radical (unpaired) electrons. The number of hydrogen-bond acceptors (Lipinski definition) is 6. The summed E-state index contributed by atoms with van der Waals surface area (Å²) in [7, 11) is 4.38. The highest BCUT2D eigenvalue weighted by molar-refractivity contribution is 6.06. The van der Waals surface area contributed by atoms with Crippen LogP contribution in [-0.2, 0) is 11.4 Å². The van der Waals surface area contributed by atoms with Gasteiger partial charge in [-0.15, -0.1) is 0 Å². The van der Waals surface area contributed by atoms with Crippen LogP contribution in [0.1, 0.15) is 15.9 Å². The number of ether oxygens (including phenoxy) is 3. The van der Waals surface area contributed by atoms with Crippen molar-refractivity contribution in [1.29, 1.82) is 0 Å². The van der Waals surface area contributed by atoms with Gasteiger partial charge in [-0.05, 0) is 12.1 Å². The Kier molecular flexibility index (Phi) is 7.16. The Morgan fingerprint density at radius 3 is 2.14 bits per heavy atom. The smallest absolute Gasteiger partial charge is 0.255 e. The second kappa shape index (κ2) is 9.56. The standard InChI is InChI=1S/C19H21FN2O6/c1-26-15-7-13(8-16(27-2)18(15)28-3)21-19(25)11-4-5-12(10-23)14(6-11)22-17(24)9-20/h4-8,23H,9-10H2,1-3H3,(H,21,25)(H,22,24). The summed E-state index contributed by atoms with van der Waals surface area (Å²) in [5.41, 5.74) is 1.09. The number of carbonyl (C=O) groups excluding carboxylic acids is 2. The number of benzene rings is 2. The monoisotopic (exact) mass is 392 g/mol. The van der Waals surface area contributed by atoms with E-state index in [2.05, 4.69) is 10.6 Å². The number of alkyl halides is 1. The molecular weight excluding hydrogens is 371 g/mol. The summed E-state index contributed by atoms with van der Waals surface area (Å²) >= 11 is 0. The van der Waals surface area contributed by atoms with E-state index >= 15 is 0 Å². The molecular formula is C19H21FN2O6. The lowest BCUT2D eigenvalue weighted by Gasteiger charge is -2.15. The van der Waals surface area contributed by atoms with Crippen molar-refractivity contribution in [3.63, 3.8) is 0 Å². The SMILES string of the molecule is COc1cc(NC(=O)c2ccc(CO)c(NC(=O)CF)c2)cc(OC)c1OC. The maximum absolute atomic E-state index is 12.6. The second-order valence-electron chi connectivity index (χ2n) is 5.58. The molecule has 0 bridgehead atoms. The zero-order valence-corrected chi connectivity index (χ0v) is 15.7. The molecule has 0 aliphatic carbocycles. The van der Waals surface area contributed by atoms with Crippen LogP contribution >= 0.6 is 0 Å². The number of nitrogens with one attached hydrogen (secondary N) is 2. The maximum atomic E-state index is 12.6. The number of hydrogen-bond donors (Lipinski definition) is 3. The Morgan fingerprint density at radius 1 is 1.00 bits per heavy atom. The van der Waals surface area contributed by atoms with Gasteiger partial charge in [0.05, 0.1) is 27.9 Å². The number of methoxy groups -OCH3 is 3. The molecule has 0 spiro atoms. The van der Waals surface area contributed by atoms with Gasteiger partial charge in [0.15, 0.2) is 18.2 Å². The zero-order chi connectivity index (χ0) is 20.7. The van der Waals surface area contributed by atoms with Gasteiger partial charge < -0.3 is 30.0 Å². The van der Waals surface area contributed by atoms with Gasteiger partial charge in [0.1, 0.15) is 0 Å². The Bertz CT molecular complexity index is 846. The minimum atomic E-state index is -1.22. The molecule has 0 saturated carbocycles.